The van der Waals surface area contributed by atoms with Gasteiger partial charge in [0.1, 0.15) is 0 Å². The quantitative estimate of drug-likeness (QED) is 0.906. The number of benzene rings is 1. The predicted octanol–water partition coefficient (Wildman–Crippen LogP) is 4.19. The number of aromatic nitrogens is 1. The van der Waals surface area contributed by atoms with E-state index in [0.717, 1.165) is 37.2 Å². The molecule has 1 unspecified atom stereocenters. The monoisotopic (exact) mass is 297 g/mol. The zero-order chi connectivity index (χ0) is 15.5. The topological polar surface area (TPSA) is 37.3 Å². The molecule has 0 fully saturated rings. The molecule has 2 amide bonds. The molecule has 0 aliphatic carbocycles. The van der Waals surface area contributed by atoms with Gasteiger partial charge in [-0.05, 0) is 37.1 Å². The van der Waals surface area contributed by atoms with Crippen LogP contribution in [0.25, 0.3) is 0 Å². The van der Waals surface area contributed by atoms with Crippen molar-refractivity contribution in [3.05, 3.63) is 53.9 Å². The average molecular weight is 297 g/mol. The van der Waals surface area contributed by atoms with Crippen molar-refractivity contribution in [2.75, 3.05) is 11.9 Å². The van der Waals surface area contributed by atoms with E-state index >= 15 is 0 Å². The van der Waals surface area contributed by atoms with E-state index in [9.17, 15) is 4.79 Å². The Bertz CT molecular complexity index is 662. The highest BCUT2D eigenvalue weighted by molar-refractivity contribution is 5.90. The lowest BCUT2D eigenvalue weighted by molar-refractivity contribution is 0.163. The number of carbonyl (C=O) groups excluding carboxylic acids is 1. The minimum absolute atomic E-state index is 0.000185. The van der Waals surface area contributed by atoms with Gasteiger partial charge >= 0.3 is 6.03 Å². The normalized spacial score (nSPS) is 17.2. The number of anilines is 1. The summed E-state index contributed by atoms with van der Waals surface area (Å²) in [5, 5.41) is 3.07. The molecule has 1 aromatic heterocycles. The zero-order valence-electron chi connectivity index (χ0n) is 13.2. The lowest BCUT2D eigenvalue weighted by Crippen LogP contribution is -2.44. The van der Waals surface area contributed by atoms with Crippen LogP contribution in [-0.4, -0.2) is 22.0 Å². The third-order valence-electron chi connectivity index (χ3n) is 4.37. The van der Waals surface area contributed by atoms with Gasteiger partial charge in [0, 0.05) is 30.7 Å². The van der Waals surface area contributed by atoms with Gasteiger partial charge in [0.25, 0.3) is 0 Å². The van der Waals surface area contributed by atoms with Crippen LogP contribution in [-0.2, 0) is 6.54 Å². The molecule has 4 nitrogen and oxygen atoms in total. The summed E-state index contributed by atoms with van der Waals surface area (Å²) in [6.07, 6.45) is 4.16. The molecule has 1 aliphatic heterocycles. The largest absolute Gasteiger partial charge is 0.348 e. The first kappa shape index (κ1) is 14.7. The second-order valence-corrected chi connectivity index (χ2v) is 5.87. The van der Waals surface area contributed by atoms with E-state index in [2.05, 4.69) is 35.1 Å². The lowest BCUT2D eigenvalue weighted by Gasteiger charge is -2.37. The van der Waals surface area contributed by atoms with Crippen molar-refractivity contribution in [1.82, 2.24) is 9.47 Å². The minimum Gasteiger partial charge on any atom is -0.348 e. The highest BCUT2D eigenvalue weighted by atomic mass is 16.2. The molecule has 116 valence electrons. The van der Waals surface area contributed by atoms with Gasteiger partial charge in [0.05, 0.1) is 6.04 Å². The summed E-state index contributed by atoms with van der Waals surface area (Å²) >= 11 is 0. The number of carbonyl (C=O) groups is 1. The van der Waals surface area contributed by atoms with E-state index in [4.69, 9.17) is 0 Å². The van der Waals surface area contributed by atoms with Crippen molar-refractivity contribution >= 4 is 11.7 Å². The number of para-hydroxylation sites is 1. The molecule has 0 spiro atoms. The molecule has 0 bridgehead atoms. The molecule has 2 heterocycles. The summed E-state index contributed by atoms with van der Waals surface area (Å²) in [6, 6.07) is 12.3. The standard InChI is InChI=1S/C18H23N3O/c1-3-7-17-16-10-6-11-20(16)12-13-21(17)18(22)19-15-9-5-4-8-14(15)2/h4-6,8-11,17H,3,7,12-13H2,1-2H3,(H,19,22). The molecule has 22 heavy (non-hydrogen) atoms. The molecular formula is C18H23N3O. The first-order valence-corrected chi connectivity index (χ1v) is 7.99. The number of hydrogen-bond donors (Lipinski definition) is 1. The Hall–Kier alpha value is -2.23. The molecule has 0 radical (unpaired) electrons. The van der Waals surface area contributed by atoms with E-state index in [1.165, 1.54) is 5.69 Å². The summed E-state index contributed by atoms with van der Waals surface area (Å²) in [6.45, 7) is 5.80. The fraction of sp³-hybridized carbons (Fsp3) is 0.389. The molecule has 1 aromatic carbocycles. The number of urea groups is 1. The predicted molar refractivity (Wildman–Crippen MR) is 89.0 cm³/mol. The van der Waals surface area contributed by atoms with Crippen LogP contribution in [0.5, 0.6) is 0 Å². The summed E-state index contributed by atoms with van der Waals surface area (Å²) in [5.74, 6) is 0. The Labute approximate surface area is 131 Å². The van der Waals surface area contributed by atoms with Crippen LogP contribution in [0.15, 0.2) is 42.6 Å². The van der Waals surface area contributed by atoms with E-state index in [-0.39, 0.29) is 12.1 Å². The average Bonchev–Trinajstić information content (AvgIpc) is 2.99. The Morgan fingerprint density at radius 2 is 2.05 bits per heavy atom. The second-order valence-electron chi connectivity index (χ2n) is 5.87. The molecule has 1 N–H and O–H groups in total. The molecule has 4 heteroatoms. The molecule has 1 aliphatic rings. The Morgan fingerprint density at radius 3 is 2.82 bits per heavy atom. The van der Waals surface area contributed by atoms with E-state index in [0.29, 0.717) is 0 Å². The van der Waals surface area contributed by atoms with Crippen molar-refractivity contribution in [2.24, 2.45) is 0 Å². The van der Waals surface area contributed by atoms with Gasteiger partial charge in [0.2, 0.25) is 0 Å². The molecule has 0 saturated heterocycles. The van der Waals surface area contributed by atoms with Crippen LogP contribution >= 0.6 is 0 Å². The van der Waals surface area contributed by atoms with Crippen molar-refractivity contribution in [2.45, 2.75) is 39.3 Å². The molecular weight excluding hydrogens is 274 g/mol. The van der Waals surface area contributed by atoms with Crippen molar-refractivity contribution < 1.29 is 4.79 Å². The smallest absolute Gasteiger partial charge is 0.322 e. The first-order valence-electron chi connectivity index (χ1n) is 7.99. The van der Waals surface area contributed by atoms with Crippen molar-refractivity contribution in [1.29, 1.82) is 0 Å². The van der Waals surface area contributed by atoms with Crippen molar-refractivity contribution in [3.8, 4) is 0 Å². The first-order chi connectivity index (χ1) is 10.7. The molecule has 0 saturated carbocycles. The van der Waals surface area contributed by atoms with Crippen LogP contribution in [0.4, 0.5) is 10.5 Å². The van der Waals surface area contributed by atoms with Crippen LogP contribution < -0.4 is 5.32 Å². The Kier molecular flexibility index (Phi) is 4.18. The Morgan fingerprint density at radius 1 is 1.23 bits per heavy atom. The van der Waals surface area contributed by atoms with Gasteiger partial charge < -0.3 is 14.8 Å². The third kappa shape index (κ3) is 2.73. The number of fused-ring (bicyclic) bond motifs is 1. The highest BCUT2D eigenvalue weighted by Crippen LogP contribution is 2.30. The van der Waals surface area contributed by atoms with E-state index in [1.807, 2.05) is 36.1 Å². The van der Waals surface area contributed by atoms with Crippen LogP contribution in [0.3, 0.4) is 0 Å². The fourth-order valence-corrected chi connectivity index (χ4v) is 3.18. The minimum atomic E-state index is 0.000185. The van der Waals surface area contributed by atoms with E-state index < -0.39 is 0 Å². The number of nitrogens with zero attached hydrogens (tertiary/aromatic N) is 2. The number of aryl methyl sites for hydroxylation is 1. The number of amides is 2. The SMILES string of the molecule is CCCC1c2cccn2CCN1C(=O)Nc1ccccc1C. The van der Waals surface area contributed by atoms with Crippen molar-refractivity contribution in [3.63, 3.8) is 0 Å². The number of rotatable bonds is 3. The molecule has 2 aromatic rings. The van der Waals surface area contributed by atoms with Crippen LogP contribution in [0.1, 0.15) is 37.1 Å². The van der Waals surface area contributed by atoms with Crippen LogP contribution in [0, 0.1) is 6.92 Å². The van der Waals surface area contributed by atoms with Gasteiger partial charge in [-0.15, -0.1) is 0 Å². The van der Waals surface area contributed by atoms with Gasteiger partial charge in [0.15, 0.2) is 0 Å². The van der Waals surface area contributed by atoms with E-state index in [1.54, 1.807) is 0 Å². The van der Waals surface area contributed by atoms with Gasteiger partial charge in [-0.1, -0.05) is 31.5 Å². The third-order valence-corrected chi connectivity index (χ3v) is 4.37. The summed E-state index contributed by atoms with van der Waals surface area (Å²) in [5.41, 5.74) is 3.22. The Balaban J connectivity index is 1.81. The fourth-order valence-electron chi connectivity index (χ4n) is 3.18. The van der Waals surface area contributed by atoms with Gasteiger partial charge in [-0.25, -0.2) is 4.79 Å². The lowest BCUT2D eigenvalue weighted by atomic mass is 10.0. The summed E-state index contributed by atoms with van der Waals surface area (Å²) in [4.78, 5) is 14.7. The van der Waals surface area contributed by atoms with Crippen LogP contribution in [0.2, 0.25) is 0 Å². The molecule has 3 rings (SSSR count). The maximum Gasteiger partial charge on any atom is 0.322 e. The van der Waals surface area contributed by atoms with Gasteiger partial charge in [-0.2, -0.15) is 0 Å². The maximum absolute atomic E-state index is 12.7. The number of nitrogens with one attached hydrogen (secondary N) is 1. The maximum atomic E-state index is 12.7. The van der Waals surface area contributed by atoms with Gasteiger partial charge in [-0.3, -0.25) is 0 Å². The number of hydrogen-bond acceptors (Lipinski definition) is 1. The zero-order valence-corrected chi connectivity index (χ0v) is 13.2. The molecule has 1 atom stereocenters. The highest BCUT2D eigenvalue weighted by Gasteiger charge is 2.30. The second kappa shape index (κ2) is 6.26. The summed E-state index contributed by atoms with van der Waals surface area (Å²) < 4.78 is 2.26. The summed E-state index contributed by atoms with van der Waals surface area (Å²) in [7, 11) is 0.